The Morgan fingerprint density at radius 3 is 2.86 bits per heavy atom. The molecule has 0 spiro atoms. The van der Waals surface area contributed by atoms with Crippen molar-refractivity contribution in [3.8, 4) is 5.75 Å². The highest BCUT2D eigenvalue weighted by Gasteiger charge is 2.42. The molecule has 0 radical (unpaired) electrons. The third kappa shape index (κ3) is 3.47. The highest BCUT2D eigenvalue weighted by Crippen LogP contribution is 2.32. The Hall–Kier alpha value is -1.75. The van der Waals surface area contributed by atoms with Crippen LogP contribution in [0.25, 0.3) is 0 Å². The molecule has 2 atom stereocenters. The minimum absolute atomic E-state index is 0.0697. The Bertz CT molecular complexity index is 504. The molecule has 116 valence electrons. The van der Waals surface area contributed by atoms with E-state index in [-0.39, 0.29) is 6.10 Å². The van der Waals surface area contributed by atoms with Crippen LogP contribution in [0, 0.1) is 0 Å². The molecule has 1 saturated carbocycles. The lowest BCUT2D eigenvalue weighted by Crippen LogP contribution is -2.55. The Balaban J connectivity index is 2.09. The first-order chi connectivity index (χ1) is 9.97. The summed E-state index contributed by atoms with van der Waals surface area (Å²) in [6.07, 6.45) is 2.81. The van der Waals surface area contributed by atoms with Gasteiger partial charge in [-0.05, 0) is 38.4 Å². The van der Waals surface area contributed by atoms with Crippen molar-refractivity contribution in [3.63, 3.8) is 0 Å². The summed E-state index contributed by atoms with van der Waals surface area (Å²) in [7, 11) is 5.68. The first kappa shape index (κ1) is 15.6. The molecule has 2 unspecified atom stereocenters. The minimum Gasteiger partial charge on any atom is -0.490 e. The van der Waals surface area contributed by atoms with Crippen molar-refractivity contribution < 1.29 is 14.6 Å². The van der Waals surface area contributed by atoms with Crippen LogP contribution in [0.15, 0.2) is 24.3 Å². The van der Waals surface area contributed by atoms with Crippen LogP contribution in [-0.2, 0) is 4.79 Å². The number of carboxylic acids is 1. The molecule has 1 aliphatic rings. The maximum atomic E-state index is 11.5. The van der Waals surface area contributed by atoms with Gasteiger partial charge in [0.15, 0.2) is 0 Å². The molecule has 0 bridgehead atoms. The van der Waals surface area contributed by atoms with E-state index in [1.807, 2.05) is 43.3 Å². The number of hydrogen-bond acceptors (Lipinski definition) is 4. The SMILES string of the molecule is CNC1(C(=O)O)CCCC(Oc2cccc(N(C)C)c2)C1. The van der Waals surface area contributed by atoms with E-state index in [4.69, 9.17) is 4.74 Å². The normalized spacial score (nSPS) is 25.4. The largest absolute Gasteiger partial charge is 0.490 e. The van der Waals surface area contributed by atoms with Gasteiger partial charge in [0.1, 0.15) is 17.4 Å². The van der Waals surface area contributed by atoms with E-state index in [2.05, 4.69) is 5.32 Å². The van der Waals surface area contributed by atoms with E-state index in [1.54, 1.807) is 7.05 Å². The van der Waals surface area contributed by atoms with Crippen molar-refractivity contribution in [3.05, 3.63) is 24.3 Å². The zero-order valence-corrected chi connectivity index (χ0v) is 12.9. The fraction of sp³-hybridized carbons (Fsp3) is 0.562. The Labute approximate surface area is 125 Å². The van der Waals surface area contributed by atoms with E-state index in [0.717, 1.165) is 24.3 Å². The van der Waals surface area contributed by atoms with Crippen LogP contribution in [0.3, 0.4) is 0 Å². The topological polar surface area (TPSA) is 61.8 Å². The van der Waals surface area contributed by atoms with Gasteiger partial charge >= 0.3 is 5.97 Å². The molecule has 1 aromatic rings. The molecule has 1 aromatic carbocycles. The van der Waals surface area contributed by atoms with Crippen LogP contribution in [0.2, 0.25) is 0 Å². The van der Waals surface area contributed by atoms with Crippen LogP contribution in [0.4, 0.5) is 5.69 Å². The van der Waals surface area contributed by atoms with Gasteiger partial charge in [0, 0.05) is 32.3 Å². The minimum atomic E-state index is -0.859. The van der Waals surface area contributed by atoms with Gasteiger partial charge in [0.05, 0.1) is 0 Å². The average molecular weight is 292 g/mol. The van der Waals surface area contributed by atoms with Crippen molar-refractivity contribution in [1.82, 2.24) is 5.32 Å². The second-order valence-electron chi connectivity index (χ2n) is 5.87. The molecular formula is C16H24N2O3. The number of nitrogens with zero attached hydrogens (tertiary/aromatic N) is 1. The second-order valence-corrected chi connectivity index (χ2v) is 5.87. The lowest BCUT2D eigenvalue weighted by Gasteiger charge is -2.37. The molecule has 0 amide bonds. The number of aliphatic carboxylic acids is 1. The number of anilines is 1. The lowest BCUT2D eigenvalue weighted by atomic mass is 9.80. The summed E-state index contributed by atoms with van der Waals surface area (Å²) in [6.45, 7) is 0. The molecule has 1 fully saturated rings. The van der Waals surface area contributed by atoms with Crippen molar-refractivity contribution in [1.29, 1.82) is 0 Å². The third-order valence-corrected chi connectivity index (χ3v) is 4.23. The van der Waals surface area contributed by atoms with E-state index in [0.29, 0.717) is 12.8 Å². The van der Waals surface area contributed by atoms with Gasteiger partial charge in [-0.1, -0.05) is 6.07 Å². The van der Waals surface area contributed by atoms with Gasteiger partial charge in [0.2, 0.25) is 0 Å². The summed E-state index contributed by atoms with van der Waals surface area (Å²) in [4.78, 5) is 13.5. The number of carboxylic acid groups (broad SMARTS) is 1. The highest BCUT2D eigenvalue weighted by molar-refractivity contribution is 5.79. The zero-order chi connectivity index (χ0) is 15.5. The molecule has 5 heteroatoms. The summed E-state index contributed by atoms with van der Waals surface area (Å²) >= 11 is 0. The van der Waals surface area contributed by atoms with Crippen molar-refractivity contribution in [2.75, 3.05) is 26.0 Å². The average Bonchev–Trinajstić information content (AvgIpc) is 2.47. The Morgan fingerprint density at radius 2 is 2.24 bits per heavy atom. The Kier molecular flexibility index (Phi) is 4.73. The van der Waals surface area contributed by atoms with Crippen LogP contribution >= 0.6 is 0 Å². The molecule has 21 heavy (non-hydrogen) atoms. The number of likely N-dealkylation sites (N-methyl/N-ethyl adjacent to an activating group) is 1. The van der Waals surface area contributed by atoms with Crippen molar-refractivity contribution in [2.45, 2.75) is 37.3 Å². The van der Waals surface area contributed by atoms with Crippen LogP contribution in [0.5, 0.6) is 5.75 Å². The van der Waals surface area contributed by atoms with Gasteiger partial charge in [-0.25, -0.2) is 0 Å². The number of benzene rings is 1. The van der Waals surface area contributed by atoms with Gasteiger partial charge in [-0.3, -0.25) is 4.79 Å². The quantitative estimate of drug-likeness (QED) is 0.870. The van der Waals surface area contributed by atoms with E-state index >= 15 is 0 Å². The van der Waals surface area contributed by atoms with E-state index in [1.165, 1.54) is 0 Å². The van der Waals surface area contributed by atoms with Crippen LogP contribution in [0.1, 0.15) is 25.7 Å². The summed E-state index contributed by atoms with van der Waals surface area (Å²) in [5, 5.41) is 12.4. The molecule has 0 saturated heterocycles. The molecular weight excluding hydrogens is 268 g/mol. The fourth-order valence-corrected chi connectivity index (χ4v) is 2.88. The van der Waals surface area contributed by atoms with Crippen LogP contribution < -0.4 is 15.0 Å². The second kappa shape index (κ2) is 6.35. The summed E-state index contributed by atoms with van der Waals surface area (Å²) in [5.41, 5.74) is 0.212. The van der Waals surface area contributed by atoms with Gasteiger partial charge < -0.3 is 20.1 Å². The number of hydrogen-bond donors (Lipinski definition) is 2. The molecule has 0 heterocycles. The monoisotopic (exact) mass is 292 g/mol. The molecule has 5 nitrogen and oxygen atoms in total. The van der Waals surface area contributed by atoms with Crippen molar-refractivity contribution >= 4 is 11.7 Å². The van der Waals surface area contributed by atoms with E-state index in [9.17, 15) is 9.90 Å². The van der Waals surface area contributed by atoms with Gasteiger partial charge in [-0.15, -0.1) is 0 Å². The number of rotatable bonds is 5. The summed E-state index contributed by atoms with van der Waals surface area (Å²) < 4.78 is 6.02. The molecule has 2 N–H and O–H groups in total. The number of carbonyl (C=O) groups is 1. The van der Waals surface area contributed by atoms with Crippen molar-refractivity contribution in [2.24, 2.45) is 0 Å². The van der Waals surface area contributed by atoms with Crippen LogP contribution in [-0.4, -0.2) is 43.9 Å². The smallest absolute Gasteiger partial charge is 0.324 e. The summed E-state index contributed by atoms with van der Waals surface area (Å²) in [5.74, 6) is 0.00355. The molecule has 2 rings (SSSR count). The third-order valence-electron chi connectivity index (χ3n) is 4.23. The molecule has 0 aliphatic heterocycles. The van der Waals surface area contributed by atoms with E-state index < -0.39 is 11.5 Å². The molecule has 1 aliphatic carbocycles. The summed E-state index contributed by atoms with van der Waals surface area (Å²) in [6, 6.07) is 7.87. The zero-order valence-electron chi connectivity index (χ0n) is 12.9. The molecule has 0 aromatic heterocycles. The Morgan fingerprint density at radius 1 is 1.48 bits per heavy atom. The predicted molar refractivity (Wildman–Crippen MR) is 83.1 cm³/mol. The number of ether oxygens (including phenoxy) is 1. The fourth-order valence-electron chi connectivity index (χ4n) is 2.88. The first-order valence-electron chi connectivity index (χ1n) is 7.33. The standard InChI is InChI=1S/C16H24N2O3/c1-17-16(15(19)20)9-5-8-14(11-16)21-13-7-4-6-12(10-13)18(2)3/h4,6-7,10,14,17H,5,8-9,11H2,1-3H3,(H,19,20). The van der Waals surface area contributed by atoms with Gasteiger partial charge in [-0.2, -0.15) is 0 Å². The highest BCUT2D eigenvalue weighted by atomic mass is 16.5. The first-order valence-corrected chi connectivity index (χ1v) is 7.33. The maximum Gasteiger partial charge on any atom is 0.324 e. The number of nitrogens with one attached hydrogen (secondary N) is 1. The predicted octanol–water partition coefficient (Wildman–Crippen LogP) is 2.12. The lowest BCUT2D eigenvalue weighted by molar-refractivity contribution is -0.147. The van der Waals surface area contributed by atoms with Gasteiger partial charge in [0.25, 0.3) is 0 Å². The maximum absolute atomic E-state index is 11.5.